The summed E-state index contributed by atoms with van der Waals surface area (Å²) in [6.07, 6.45) is 2.67. The van der Waals surface area contributed by atoms with E-state index in [9.17, 15) is 14.7 Å². The van der Waals surface area contributed by atoms with E-state index in [0.29, 0.717) is 25.9 Å². The SMILES string of the molecule is CN1CCC2(CCc3c(C(=O)O)nn(COCC[Si](C)(C)C)c3C2)C1=O. The summed E-state index contributed by atoms with van der Waals surface area (Å²) in [5, 5.41) is 13.8. The van der Waals surface area contributed by atoms with Gasteiger partial charge in [0.25, 0.3) is 0 Å². The van der Waals surface area contributed by atoms with Crippen LogP contribution in [-0.2, 0) is 29.1 Å². The molecule has 1 N–H and O–H groups in total. The molecule has 0 bridgehead atoms. The molecule has 1 amide bonds. The molecule has 2 aliphatic rings. The van der Waals surface area contributed by atoms with Crippen molar-refractivity contribution in [2.75, 3.05) is 20.2 Å². The summed E-state index contributed by atoms with van der Waals surface area (Å²) in [4.78, 5) is 26.0. The average molecular weight is 380 g/mol. The minimum atomic E-state index is -1.18. The third kappa shape index (κ3) is 3.57. The van der Waals surface area contributed by atoms with Crippen LogP contribution in [0.25, 0.3) is 0 Å². The van der Waals surface area contributed by atoms with Crippen molar-refractivity contribution in [3.8, 4) is 0 Å². The molecule has 2 heterocycles. The minimum absolute atomic E-state index is 0.113. The number of rotatable bonds is 6. The Morgan fingerprint density at radius 2 is 2.08 bits per heavy atom. The fourth-order valence-electron chi connectivity index (χ4n) is 3.97. The highest BCUT2D eigenvalue weighted by Crippen LogP contribution is 2.44. The molecule has 0 saturated carbocycles. The minimum Gasteiger partial charge on any atom is -0.476 e. The maximum absolute atomic E-state index is 12.7. The van der Waals surface area contributed by atoms with Crippen LogP contribution in [0.15, 0.2) is 0 Å². The maximum Gasteiger partial charge on any atom is 0.356 e. The van der Waals surface area contributed by atoms with Gasteiger partial charge in [0, 0.05) is 46.0 Å². The number of hydrogen-bond donors (Lipinski definition) is 1. The van der Waals surface area contributed by atoms with Gasteiger partial charge < -0.3 is 14.7 Å². The molecule has 1 aliphatic heterocycles. The summed E-state index contributed by atoms with van der Waals surface area (Å²) >= 11 is 0. The van der Waals surface area contributed by atoms with Crippen LogP contribution in [0.2, 0.25) is 25.7 Å². The lowest BCUT2D eigenvalue weighted by molar-refractivity contribution is -0.135. The van der Waals surface area contributed by atoms with E-state index in [1.165, 1.54) is 0 Å². The highest BCUT2D eigenvalue weighted by atomic mass is 28.3. The zero-order valence-corrected chi connectivity index (χ0v) is 17.2. The number of fused-ring (bicyclic) bond motifs is 1. The van der Waals surface area contributed by atoms with Crippen molar-refractivity contribution in [3.05, 3.63) is 17.0 Å². The smallest absolute Gasteiger partial charge is 0.356 e. The van der Waals surface area contributed by atoms with Crippen LogP contribution in [0.1, 0.15) is 34.6 Å². The zero-order valence-electron chi connectivity index (χ0n) is 16.2. The molecule has 3 rings (SSSR count). The van der Waals surface area contributed by atoms with Crippen molar-refractivity contribution in [2.24, 2.45) is 5.41 Å². The first-order valence-corrected chi connectivity index (χ1v) is 13.0. The third-order valence-electron chi connectivity index (χ3n) is 5.66. The molecule has 1 fully saturated rings. The Labute approximate surface area is 155 Å². The van der Waals surface area contributed by atoms with Crippen LogP contribution < -0.4 is 0 Å². The van der Waals surface area contributed by atoms with Gasteiger partial charge in [-0.25, -0.2) is 9.48 Å². The van der Waals surface area contributed by atoms with Crippen LogP contribution in [0, 0.1) is 5.41 Å². The van der Waals surface area contributed by atoms with Crippen molar-refractivity contribution in [1.82, 2.24) is 14.7 Å². The van der Waals surface area contributed by atoms with E-state index in [4.69, 9.17) is 4.74 Å². The second-order valence-corrected chi connectivity index (χ2v) is 14.5. The number of carboxylic acids is 1. The van der Waals surface area contributed by atoms with Crippen LogP contribution in [0.5, 0.6) is 0 Å². The Kier molecular flexibility index (Phi) is 5.00. The Morgan fingerprint density at radius 1 is 1.35 bits per heavy atom. The molecule has 1 aromatic rings. The summed E-state index contributed by atoms with van der Waals surface area (Å²) in [6, 6.07) is 1.05. The molecule has 1 saturated heterocycles. The van der Waals surface area contributed by atoms with Crippen molar-refractivity contribution in [2.45, 2.75) is 58.1 Å². The molecule has 1 spiro atoms. The van der Waals surface area contributed by atoms with E-state index in [2.05, 4.69) is 24.7 Å². The lowest BCUT2D eigenvalue weighted by atomic mass is 9.72. The number of hydrogen-bond acceptors (Lipinski definition) is 4. The molecule has 0 radical (unpaired) electrons. The Morgan fingerprint density at radius 3 is 2.65 bits per heavy atom. The van der Waals surface area contributed by atoms with E-state index < -0.39 is 19.5 Å². The van der Waals surface area contributed by atoms with Gasteiger partial charge in [-0.1, -0.05) is 19.6 Å². The molecule has 0 aromatic carbocycles. The summed E-state index contributed by atoms with van der Waals surface area (Å²) in [5.41, 5.74) is 1.36. The van der Waals surface area contributed by atoms with E-state index in [1.807, 2.05) is 7.05 Å². The number of carbonyl (C=O) groups excluding carboxylic acids is 1. The van der Waals surface area contributed by atoms with Gasteiger partial charge in [-0.2, -0.15) is 5.10 Å². The molecule has 1 atom stereocenters. The van der Waals surface area contributed by atoms with E-state index in [0.717, 1.165) is 30.3 Å². The Bertz CT molecular complexity index is 725. The van der Waals surface area contributed by atoms with Gasteiger partial charge in [-0.05, 0) is 25.3 Å². The van der Waals surface area contributed by atoms with Gasteiger partial charge in [-0.15, -0.1) is 0 Å². The number of likely N-dealkylation sites (tertiary alicyclic amines) is 1. The number of amides is 1. The van der Waals surface area contributed by atoms with Gasteiger partial charge in [0.15, 0.2) is 5.69 Å². The second-order valence-electron chi connectivity index (χ2n) is 8.86. The summed E-state index contributed by atoms with van der Waals surface area (Å²) in [6.45, 7) is 8.54. The molecule has 8 heteroatoms. The summed E-state index contributed by atoms with van der Waals surface area (Å²) in [7, 11) is 0.661. The van der Waals surface area contributed by atoms with Gasteiger partial charge in [0.1, 0.15) is 6.73 Å². The largest absolute Gasteiger partial charge is 0.476 e. The number of ether oxygens (including phenoxy) is 1. The van der Waals surface area contributed by atoms with E-state index >= 15 is 0 Å². The summed E-state index contributed by atoms with van der Waals surface area (Å²) < 4.78 is 7.48. The molecule has 1 unspecified atom stereocenters. The molecular formula is C18H29N3O4Si. The van der Waals surface area contributed by atoms with Gasteiger partial charge in [0.05, 0.1) is 5.41 Å². The van der Waals surface area contributed by atoms with Crippen LogP contribution in [0.4, 0.5) is 0 Å². The normalized spacial score (nSPS) is 22.9. The Hall–Kier alpha value is -1.67. The predicted molar refractivity (Wildman–Crippen MR) is 100 cm³/mol. The fraction of sp³-hybridized carbons (Fsp3) is 0.722. The van der Waals surface area contributed by atoms with Gasteiger partial charge in [-0.3, -0.25) is 4.79 Å². The van der Waals surface area contributed by atoms with Crippen molar-refractivity contribution >= 4 is 20.0 Å². The predicted octanol–water partition coefficient (Wildman–Crippen LogP) is 2.23. The van der Waals surface area contributed by atoms with Gasteiger partial charge >= 0.3 is 5.97 Å². The van der Waals surface area contributed by atoms with Crippen molar-refractivity contribution in [1.29, 1.82) is 0 Å². The highest BCUT2D eigenvalue weighted by Gasteiger charge is 2.48. The van der Waals surface area contributed by atoms with Crippen LogP contribution in [-0.4, -0.2) is 59.9 Å². The van der Waals surface area contributed by atoms with Gasteiger partial charge in [0.2, 0.25) is 5.91 Å². The first-order chi connectivity index (χ1) is 12.1. The van der Waals surface area contributed by atoms with Crippen LogP contribution >= 0.6 is 0 Å². The van der Waals surface area contributed by atoms with Crippen LogP contribution in [0.3, 0.4) is 0 Å². The summed E-state index contributed by atoms with van der Waals surface area (Å²) in [5.74, 6) is -0.833. The van der Waals surface area contributed by atoms with E-state index in [1.54, 1.807) is 9.58 Å². The second kappa shape index (κ2) is 6.81. The average Bonchev–Trinajstić information content (AvgIpc) is 3.05. The first kappa shape index (κ1) is 19.1. The number of nitrogens with zero attached hydrogens (tertiary/aromatic N) is 3. The van der Waals surface area contributed by atoms with Crippen molar-refractivity contribution < 1.29 is 19.4 Å². The fourth-order valence-corrected chi connectivity index (χ4v) is 4.72. The lowest BCUT2D eigenvalue weighted by Crippen LogP contribution is -2.38. The number of carbonyl (C=O) groups is 2. The quantitative estimate of drug-likeness (QED) is 0.605. The molecular weight excluding hydrogens is 350 g/mol. The molecule has 144 valence electrons. The molecule has 1 aromatic heterocycles. The third-order valence-corrected chi connectivity index (χ3v) is 7.37. The highest BCUT2D eigenvalue weighted by molar-refractivity contribution is 6.76. The number of aromatic nitrogens is 2. The number of carboxylic acid groups (broad SMARTS) is 1. The topological polar surface area (TPSA) is 84.7 Å². The number of aromatic carboxylic acids is 1. The molecule has 26 heavy (non-hydrogen) atoms. The molecule has 1 aliphatic carbocycles. The van der Waals surface area contributed by atoms with Crippen molar-refractivity contribution in [3.63, 3.8) is 0 Å². The lowest BCUT2D eigenvalue weighted by Gasteiger charge is -2.31. The standard InChI is InChI=1S/C18H29N3O4Si/c1-20-8-7-18(17(20)24)6-5-13-14(11-18)21(19-15(13)16(22)23)12-25-9-10-26(2,3)4/h5-12H2,1-4H3,(H,22,23). The molecule has 7 nitrogen and oxygen atoms in total. The Balaban J connectivity index is 1.81. The zero-order chi connectivity index (χ0) is 19.1. The monoisotopic (exact) mass is 379 g/mol. The first-order valence-electron chi connectivity index (χ1n) is 9.28. The maximum atomic E-state index is 12.7. The van der Waals surface area contributed by atoms with E-state index in [-0.39, 0.29) is 18.3 Å².